The van der Waals surface area contributed by atoms with Gasteiger partial charge in [0.1, 0.15) is 6.29 Å². The fraction of sp³-hybridized carbons (Fsp3) is 0.0667. The first-order chi connectivity index (χ1) is 8.24. The molecule has 0 atom stereocenters. The minimum absolute atomic E-state index is 0.583. The molecule has 0 bridgehead atoms. The summed E-state index contributed by atoms with van der Waals surface area (Å²) in [4.78, 5) is 10.8. The van der Waals surface area contributed by atoms with Crippen LogP contribution in [0.4, 0.5) is 0 Å². The highest BCUT2D eigenvalue weighted by Crippen LogP contribution is 2.24. The van der Waals surface area contributed by atoms with Gasteiger partial charge in [0, 0.05) is 11.1 Å². The molecule has 2 heteroatoms. The number of nitriles is 1. The Hall–Kier alpha value is -2.40. The van der Waals surface area contributed by atoms with Gasteiger partial charge in [0.25, 0.3) is 0 Å². The molecular weight excluding hydrogens is 210 g/mol. The second kappa shape index (κ2) is 4.63. The number of hydrogen-bond donors (Lipinski definition) is 0. The van der Waals surface area contributed by atoms with Gasteiger partial charge in [-0.05, 0) is 24.6 Å². The Balaban J connectivity index is 2.60. The number of carbonyl (C=O) groups excluding carboxylic acids is 1. The minimum atomic E-state index is 0.583. The minimum Gasteiger partial charge on any atom is -0.298 e. The summed E-state index contributed by atoms with van der Waals surface area (Å²) in [5.41, 5.74) is 4.09. The van der Waals surface area contributed by atoms with E-state index in [4.69, 9.17) is 5.26 Å². The van der Waals surface area contributed by atoms with Crippen molar-refractivity contribution >= 4 is 6.29 Å². The molecule has 0 radical (unpaired) electrons. The van der Waals surface area contributed by atoms with Gasteiger partial charge >= 0.3 is 0 Å². The third-order valence-electron chi connectivity index (χ3n) is 2.66. The highest BCUT2D eigenvalue weighted by Gasteiger charge is 2.05. The molecule has 0 unspecified atom stereocenters. The molecule has 0 spiro atoms. The van der Waals surface area contributed by atoms with Crippen molar-refractivity contribution in [1.29, 1.82) is 5.26 Å². The van der Waals surface area contributed by atoms with Crippen molar-refractivity contribution < 1.29 is 4.79 Å². The van der Waals surface area contributed by atoms with Crippen LogP contribution < -0.4 is 0 Å². The average molecular weight is 221 g/mol. The first-order valence-electron chi connectivity index (χ1n) is 5.31. The number of benzene rings is 2. The Labute approximate surface area is 100 Å². The number of rotatable bonds is 2. The van der Waals surface area contributed by atoms with Crippen LogP contribution >= 0.6 is 0 Å². The third-order valence-corrected chi connectivity index (χ3v) is 2.66. The normalized spacial score (nSPS) is 9.65. The lowest BCUT2D eigenvalue weighted by atomic mass is 9.97. The largest absolute Gasteiger partial charge is 0.298 e. The lowest BCUT2D eigenvalue weighted by molar-refractivity contribution is 0.112. The van der Waals surface area contributed by atoms with Crippen LogP contribution in [0.15, 0.2) is 42.5 Å². The van der Waals surface area contributed by atoms with Crippen LogP contribution in [0.5, 0.6) is 0 Å². The molecule has 82 valence electrons. The fourth-order valence-corrected chi connectivity index (χ4v) is 1.70. The maximum Gasteiger partial charge on any atom is 0.150 e. The summed E-state index contributed by atoms with van der Waals surface area (Å²) in [5, 5.41) is 9.06. The monoisotopic (exact) mass is 221 g/mol. The van der Waals surface area contributed by atoms with Gasteiger partial charge in [-0.1, -0.05) is 35.9 Å². The molecule has 0 N–H and O–H groups in total. The van der Waals surface area contributed by atoms with Gasteiger partial charge < -0.3 is 0 Å². The van der Waals surface area contributed by atoms with E-state index < -0.39 is 0 Å². The van der Waals surface area contributed by atoms with Crippen molar-refractivity contribution in [2.75, 3.05) is 0 Å². The molecule has 2 nitrogen and oxygen atoms in total. The summed E-state index contributed by atoms with van der Waals surface area (Å²) in [7, 11) is 0. The molecule has 0 saturated heterocycles. The molecule has 2 rings (SSSR count). The predicted octanol–water partition coefficient (Wildman–Crippen LogP) is 3.35. The molecule has 0 heterocycles. The van der Waals surface area contributed by atoms with Crippen molar-refractivity contribution in [2.24, 2.45) is 0 Å². The molecule has 0 aliphatic heterocycles. The van der Waals surface area contributed by atoms with Crippen molar-refractivity contribution in [3.63, 3.8) is 0 Å². The van der Waals surface area contributed by atoms with Crippen LogP contribution in [0.1, 0.15) is 21.5 Å². The molecule has 0 aliphatic carbocycles. The molecular formula is C15H11NO. The molecule has 2 aromatic carbocycles. The first-order valence-corrected chi connectivity index (χ1v) is 5.31. The molecule has 17 heavy (non-hydrogen) atoms. The summed E-state index contributed by atoms with van der Waals surface area (Å²) < 4.78 is 0. The number of hydrogen-bond acceptors (Lipinski definition) is 2. The Morgan fingerprint density at radius 2 is 1.82 bits per heavy atom. The van der Waals surface area contributed by atoms with Gasteiger partial charge in [-0.2, -0.15) is 5.26 Å². The zero-order valence-electron chi connectivity index (χ0n) is 9.47. The van der Waals surface area contributed by atoms with E-state index in [0.29, 0.717) is 11.1 Å². The zero-order valence-corrected chi connectivity index (χ0v) is 9.47. The third kappa shape index (κ3) is 2.24. The van der Waals surface area contributed by atoms with Crippen LogP contribution in [-0.2, 0) is 0 Å². The summed E-state index contributed by atoms with van der Waals surface area (Å²) in [5.74, 6) is 0. The number of nitrogens with zero attached hydrogens (tertiary/aromatic N) is 1. The summed E-state index contributed by atoms with van der Waals surface area (Å²) in [6, 6.07) is 15.1. The van der Waals surface area contributed by atoms with Gasteiger partial charge in [-0.3, -0.25) is 4.79 Å². The van der Waals surface area contributed by atoms with E-state index in [1.807, 2.05) is 31.2 Å². The van der Waals surface area contributed by atoms with Gasteiger partial charge in [0.2, 0.25) is 0 Å². The maximum absolute atomic E-state index is 10.8. The Morgan fingerprint density at radius 1 is 1.12 bits per heavy atom. The second-order valence-electron chi connectivity index (χ2n) is 3.90. The van der Waals surface area contributed by atoms with Crippen LogP contribution in [0.2, 0.25) is 0 Å². The topological polar surface area (TPSA) is 40.9 Å². The summed E-state index contributed by atoms with van der Waals surface area (Å²) in [6.45, 7) is 2.01. The zero-order chi connectivity index (χ0) is 12.3. The van der Waals surface area contributed by atoms with Crippen molar-refractivity contribution in [3.8, 4) is 17.2 Å². The van der Waals surface area contributed by atoms with E-state index in [2.05, 4.69) is 6.07 Å². The molecule has 0 fully saturated rings. The Morgan fingerprint density at radius 3 is 2.41 bits per heavy atom. The summed E-state index contributed by atoms with van der Waals surface area (Å²) >= 11 is 0. The van der Waals surface area contributed by atoms with Crippen molar-refractivity contribution in [3.05, 3.63) is 59.2 Å². The summed E-state index contributed by atoms with van der Waals surface area (Å²) in [6.07, 6.45) is 0.791. The quantitative estimate of drug-likeness (QED) is 0.730. The first kappa shape index (κ1) is 11.1. The fourth-order valence-electron chi connectivity index (χ4n) is 1.70. The Bertz CT molecular complexity index is 591. The molecule has 0 amide bonds. The molecule has 0 aromatic heterocycles. The van der Waals surface area contributed by atoms with E-state index in [0.717, 1.165) is 17.4 Å². The lowest BCUT2D eigenvalue weighted by Gasteiger charge is -2.05. The van der Waals surface area contributed by atoms with Gasteiger partial charge in [0.05, 0.1) is 11.6 Å². The van der Waals surface area contributed by atoms with Crippen LogP contribution in [0.3, 0.4) is 0 Å². The van der Waals surface area contributed by atoms with E-state index in [1.54, 1.807) is 18.2 Å². The van der Waals surface area contributed by atoms with Crippen LogP contribution in [0.25, 0.3) is 11.1 Å². The standard InChI is InChI=1S/C15H11NO/c1-11-2-5-13(6-3-11)15-8-12(10-17)4-7-14(15)9-16/h2-8,10H,1H3. The average Bonchev–Trinajstić information content (AvgIpc) is 2.39. The van der Waals surface area contributed by atoms with E-state index in [-0.39, 0.29) is 0 Å². The van der Waals surface area contributed by atoms with Gasteiger partial charge in [-0.25, -0.2) is 0 Å². The predicted molar refractivity (Wildman–Crippen MR) is 66.7 cm³/mol. The smallest absolute Gasteiger partial charge is 0.150 e. The highest BCUT2D eigenvalue weighted by molar-refractivity contribution is 5.81. The molecule has 0 saturated carbocycles. The second-order valence-corrected chi connectivity index (χ2v) is 3.90. The number of carbonyl (C=O) groups is 1. The van der Waals surface area contributed by atoms with Crippen LogP contribution in [0, 0.1) is 18.3 Å². The molecule has 0 aliphatic rings. The maximum atomic E-state index is 10.8. The van der Waals surface area contributed by atoms with Gasteiger partial charge in [0.15, 0.2) is 0 Å². The SMILES string of the molecule is Cc1ccc(-c2cc(C=O)ccc2C#N)cc1. The van der Waals surface area contributed by atoms with E-state index in [1.165, 1.54) is 5.56 Å². The lowest BCUT2D eigenvalue weighted by Crippen LogP contribution is -1.88. The van der Waals surface area contributed by atoms with Gasteiger partial charge in [-0.15, -0.1) is 0 Å². The van der Waals surface area contributed by atoms with Crippen molar-refractivity contribution in [2.45, 2.75) is 6.92 Å². The van der Waals surface area contributed by atoms with E-state index >= 15 is 0 Å². The highest BCUT2D eigenvalue weighted by atomic mass is 16.1. The van der Waals surface area contributed by atoms with Crippen LogP contribution in [-0.4, -0.2) is 6.29 Å². The number of aryl methyl sites for hydroxylation is 1. The Kier molecular flexibility index (Phi) is 3.02. The van der Waals surface area contributed by atoms with E-state index in [9.17, 15) is 4.79 Å². The van der Waals surface area contributed by atoms with Crippen molar-refractivity contribution in [1.82, 2.24) is 0 Å². The number of aldehydes is 1. The molecule has 2 aromatic rings.